The van der Waals surface area contributed by atoms with Crippen molar-refractivity contribution in [3.63, 3.8) is 0 Å². The molecule has 0 unspecified atom stereocenters. The Morgan fingerprint density at radius 2 is 2.00 bits per heavy atom. The van der Waals surface area contributed by atoms with Crippen molar-refractivity contribution in [3.8, 4) is 11.1 Å². The average Bonchev–Trinajstić information content (AvgIpc) is 2.66. The Balaban J connectivity index is 2.38. The Hall–Kier alpha value is -1.89. The SMILES string of the molecule is Cc1noc(C)c1-c1cc(N)c(NCC(F)(F)F)c(Cl)c1. The van der Waals surface area contributed by atoms with Gasteiger partial charge >= 0.3 is 6.18 Å². The van der Waals surface area contributed by atoms with E-state index in [4.69, 9.17) is 21.9 Å². The van der Waals surface area contributed by atoms with Crippen molar-refractivity contribution < 1.29 is 17.7 Å². The first kappa shape index (κ1) is 15.5. The molecule has 0 bridgehead atoms. The van der Waals surface area contributed by atoms with E-state index in [0.29, 0.717) is 17.0 Å². The Bertz CT molecular complexity index is 625. The number of nitrogens with zero attached hydrogens (tertiary/aromatic N) is 1. The fraction of sp³-hybridized carbons (Fsp3) is 0.308. The topological polar surface area (TPSA) is 64.1 Å². The molecule has 0 fully saturated rings. The zero-order valence-corrected chi connectivity index (χ0v) is 12.1. The lowest BCUT2D eigenvalue weighted by Crippen LogP contribution is -2.22. The molecule has 8 heteroatoms. The number of nitrogens with two attached hydrogens (primary N) is 1. The minimum Gasteiger partial charge on any atom is -0.397 e. The first-order valence-corrected chi connectivity index (χ1v) is 6.39. The van der Waals surface area contributed by atoms with Crippen LogP contribution in [0.5, 0.6) is 0 Å². The van der Waals surface area contributed by atoms with E-state index in [9.17, 15) is 13.2 Å². The molecule has 0 aliphatic carbocycles. The van der Waals surface area contributed by atoms with Crippen molar-refractivity contribution >= 4 is 23.0 Å². The fourth-order valence-corrected chi connectivity index (χ4v) is 2.34. The fourth-order valence-electron chi connectivity index (χ4n) is 2.04. The van der Waals surface area contributed by atoms with Gasteiger partial charge in [-0.05, 0) is 31.5 Å². The van der Waals surface area contributed by atoms with Gasteiger partial charge in [-0.3, -0.25) is 0 Å². The number of nitrogen functional groups attached to an aromatic ring is 1. The zero-order valence-electron chi connectivity index (χ0n) is 11.3. The van der Waals surface area contributed by atoms with Crippen LogP contribution in [0, 0.1) is 13.8 Å². The Morgan fingerprint density at radius 3 is 2.48 bits per heavy atom. The van der Waals surface area contributed by atoms with Crippen molar-refractivity contribution in [2.24, 2.45) is 0 Å². The number of nitrogens with one attached hydrogen (secondary N) is 1. The van der Waals surface area contributed by atoms with Gasteiger partial charge in [0.1, 0.15) is 12.3 Å². The van der Waals surface area contributed by atoms with Crippen LogP contribution < -0.4 is 11.1 Å². The summed E-state index contributed by atoms with van der Waals surface area (Å²) in [5.41, 5.74) is 8.00. The van der Waals surface area contributed by atoms with E-state index >= 15 is 0 Å². The van der Waals surface area contributed by atoms with Crippen LogP contribution in [0.4, 0.5) is 24.5 Å². The highest BCUT2D eigenvalue weighted by molar-refractivity contribution is 6.34. The monoisotopic (exact) mass is 319 g/mol. The van der Waals surface area contributed by atoms with Crippen LogP contribution in [-0.4, -0.2) is 17.9 Å². The molecule has 0 atom stereocenters. The number of benzene rings is 1. The second-order valence-electron chi connectivity index (χ2n) is 4.59. The van der Waals surface area contributed by atoms with Gasteiger partial charge in [0.15, 0.2) is 0 Å². The summed E-state index contributed by atoms with van der Waals surface area (Å²) in [6, 6.07) is 3.07. The predicted octanol–water partition coefficient (Wildman–Crippen LogP) is 4.17. The molecule has 21 heavy (non-hydrogen) atoms. The first-order chi connectivity index (χ1) is 9.69. The lowest BCUT2D eigenvalue weighted by Gasteiger charge is -2.14. The molecule has 1 heterocycles. The van der Waals surface area contributed by atoms with Crippen LogP contribution in [0.15, 0.2) is 16.7 Å². The van der Waals surface area contributed by atoms with Gasteiger partial charge in [-0.2, -0.15) is 13.2 Å². The smallest absolute Gasteiger partial charge is 0.397 e. The van der Waals surface area contributed by atoms with Crippen molar-refractivity contribution in [2.45, 2.75) is 20.0 Å². The molecule has 4 nitrogen and oxygen atoms in total. The number of anilines is 2. The van der Waals surface area contributed by atoms with E-state index in [1.807, 2.05) is 0 Å². The molecule has 1 aromatic carbocycles. The summed E-state index contributed by atoms with van der Waals surface area (Å²) >= 11 is 6.02. The standard InChI is InChI=1S/C13H13ClF3N3O/c1-6-11(7(2)21-20-6)8-3-9(14)12(10(18)4-8)19-5-13(15,16)17/h3-4,19H,5,18H2,1-2H3. The molecule has 0 saturated carbocycles. The summed E-state index contributed by atoms with van der Waals surface area (Å²) in [5, 5.41) is 6.13. The van der Waals surface area contributed by atoms with E-state index in [1.165, 1.54) is 12.1 Å². The Kier molecular flexibility index (Phi) is 4.04. The average molecular weight is 320 g/mol. The van der Waals surface area contributed by atoms with Crippen LogP contribution >= 0.6 is 11.6 Å². The predicted molar refractivity (Wildman–Crippen MR) is 75.4 cm³/mol. The highest BCUT2D eigenvalue weighted by atomic mass is 35.5. The van der Waals surface area contributed by atoms with Crippen LogP contribution in [0.3, 0.4) is 0 Å². The van der Waals surface area contributed by atoms with E-state index in [2.05, 4.69) is 10.5 Å². The van der Waals surface area contributed by atoms with Crippen LogP contribution in [0.1, 0.15) is 11.5 Å². The number of alkyl halides is 3. The second-order valence-corrected chi connectivity index (χ2v) is 5.00. The van der Waals surface area contributed by atoms with Gasteiger partial charge in [0, 0.05) is 5.56 Å². The molecule has 0 aliphatic heterocycles. The van der Waals surface area contributed by atoms with Crippen molar-refractivity contribution in [1.82, 2.24) is 5.16 Å². The minimum atomic E-state index is -4.35. The minimum absolute atomic E-state index is 0.0597. The molecule has 2 rings (SSSR count). The summed E-state index contributed by atoms with van der Waals surface area (Å²) in [7, 11) is 0. The maximum absolute atomic E-state index is 12.2. The summed E-state index contributed by atoms with van der Waals surface area (Å²) < 4.78 is 41.8. The third-order valence-corrected chi connectivity index (χ3v) is 3.21. The number of aromatic nitrogens is 1. The van der Waals surface area contributed by atoms with Gasteiger partial charge in [0.05, 0.1) is 22.1 Å². The number of aryl methyl sites for hydroxylation is 2. The van der Waals surface area contributed by atoms with Crippen molar-refractivity contribution in [3.05, 3.63) is 28.6 Å². The highest BCUT2D eigenvalue weighted by Gasteiger charge is 2.27. The molecule has 0 saturated heterocycles. The highest BCUT2D eigenvalue weighted by Crippen LogP contribution is 2.37. The zero-order chi connectivity index (χ0) is 15.8. The largest absolute Gasteiger partial charge is 0.405 e. The molecule has 3 N–H and O–H groups in total. The maximum atomic E-state index is 12.2. The summed E-state index contributed by atoms with van der Waals surface area (Å²) in [6.07, 6.45) is -4.35. The van der Waals surface area contributed by atoms with Gasteiger partial charge in [-0.15, -0.1) is 0 Å². The van der Waals surface area contributed by atoms with Crippen molar-refractivity contribution in [1.29, 1.82) is 0 Å². The number of hydrogen-bond donors (Lipinski definition) is 2. The molecule has 1 aromatic heterocycles. The van der Waals surface area contributed by atoms with Crippen molar-refractivity contribution in [2.75, 3.05) is 17.6 Å². The molecule has 0 spiro atoms. The van der Waals surface area contributed by atoms with E-state index in [-0.39, 0.29) is 16.4 Å². The van der Waals surface area contributed by atoms with Gasteiger partial charge in [-0.1, -0.05) is 16.8 Å². The second kappa shape index (κ2) is 5.48. The normalized spacial score (nSPS) is 11.7. The Morgan fingerprint density at radius 1 is 1.33 bits per heavy atom. The Labute approximate surface area is 124 Å². The molecule has 0 aliphatic rings. The summed E-state index contributed by atoms with van der Waals surface area (Å²) in [6.45, 7) is 2.28. The van der Waals surface area contributed by atoms with Crippen LogP contribution in [-0.2, 0) is 0 Å². The summed E-state index contributed by atoms with van der Waals surface area (Å²) in [4.78, 5) is 0. The quantitative estimate of drug-likeness (QED) is 0.833. The first-order valence-electron chi connectivity index (χ1n) is 6.02. The number of rotatable bonds is 3. The maximum Gasteiger partial charge on any atom is 0.405 e. The third-order valence-electron chi connectivity index (χ3n) is 2.91. The number of hydrogen-bond acceptors (Lipinski definition) is 4. The van der Waals surface area contributed by atoms with Gasteiger partial charge in [0.2, 0.25) is 0 Å². The number of halogens is 4. The molecule has 2 aromatic rings. The molecule has 0 radical (unpaired) electrons. The van der Waals surface area contributed by atoms with E-state index < -0.39 is 12.7 Å². The molecule has 114 valence electrons. The lowest BCUT2D eigenvalue weighted by atomic mass is 10.0. The molecular formula is C13H13ClF3N3O. The van der Waals surface area contributed by atoms with E-state index in [1.54, 1.807) is 13.8 Å². The lowest BCUT2D eigenvalue weighted by molar-refractivity contribution is -0.115. The summed E-state index contributed by atoms with van der Waals surface area (Å²) in [5.74, 6) is 0.582. The van der Waals surface area contributed by atoms with Gasteiger partial charge in [0.25, 0.3) is 0 Å². The van der Waals surface area contributed by atoms with Gasteiger partial charge in [-0.25, -0.2) is 0 Å². The van der Waals surface area contributed by atoms with Crippen LogP contribution in [0.25, 0.3) is 11.1 Å². The van der Waals surface area contributed by atoms with Gasteiger partial charge < -0.3 is 15.6 Å². The molecular weight excluding hydrogens is 307 g/mol. The third kappa shape index (κ3) is 3.41. The van der Waals surface area contributed by atoms with E-state index in [0.717, 1.165) is 5.56 Å². The molecule has 0 amide bonds. The van der Waals surface area contributed by atoms with Crippen LogP contribution in [0.2, 0.25) is 5.02 Å².